The molecule has 26 heavy (non-hydrogen) atoms. The van der Waals surface area contributed by atoms with Crippen molar-refractivity contribution in [2.45, 2.75) is 63.9 Å². The molecule has 2 fully saturated rings. The van der Waals surface area contributed by atoms with Crippen molar-refractivity contribution in [3.63, 3.8) is 0 Å². The van der Waals surface area contributed by atoms with Crippen molar-refractivity contribution in [1.29, 1.82) is 0 Å². The van der Waals surface area contributed by atoms with Crippen molar-refractivity contribution >= 4 is 5.97 Å². The molecule has 6 atom stereocenters. The molecule has 5 nitrogen and oxygen atoms in total. The third-order valence-corrected chi connectivity index (χ3v) is 7.40. The highest BCUT2D eigenvalue weighted by Gasteiger charge is 2.55. The van der Waals surface area contributed by atoms with Crippen molar-refractivity contribution < 1.29 is 19.5 Å². The zero-order valence-corrected chi connectivity index (χ0v) is 15.6. The Hall–Kier alpha value is -1.43. The van der Waals surface area contributed by atoms with E-state index in [4.69, 9.17) is 15.5 Å². The normalized spacial score (nSPS) is 38.2. The molecule has 0 bridgehead atoms. The first-order chi connectivity index (χ1) is 12.4. The smallest absolute Gasteiger partial charge is 0.308 e. The van der Waals surface area contributed by atoms with Crippen molar-refractivity contribution in [2.75, 3.05) is 6.61 Å². The first-order valence-electron chi connectivity index (χ1n) is 9.76. The second kappa shape index (κ2) is 6.63. The molecule has 3 N–H and O–H groups in total. The van der Waals surface area contributed by atoms with E-state index in [2.05, 4.69) is 13.0 Å². The molecular formula is C21H29NO4. The van der Waals surface area contributed by atoms with Crippen LogP contribution in [0.2, 0.25) is 0 Å². The van der Waals surface area contributed by atoms with E-state index in [0.717, 1.165) is 32.1 Å². The van der Waals surface area contributed by atoms with Gasteiger partial charge in [0, 0.05) is 12.8 Å². The molecule has 5 heteroatoms. The molecule has 0 spiro atoms. The van der Waals surface area contributed by atoms with Crippen LogP contribution in [-0.2, 0) is 9.63 Å². The Labute approximate surface area is 154 Å². The lowest BCUT2D eigenvalue weighted by Crippen LogP contribution is -2.44. The molecule has 142 valence electrons. The molecule has 0 amide bonds. The van der Waals surface area contributed by atoms with Crippen LogP contribution >= 0.6 is 0 Å². The first-order valence-corrected chi connectivity index (χ1v) is 9.76. The van der Waals surface area contributed by atoms with Crippen LogP contribution in [0.4, 0.5) is 0 Å². The van der Waals surface area contributed by atoms with Gasteiger partial charge in [0.25, 0.3) is 0 Å². The van der Waals surface area contributed by atoms with E-state index in [-0.39, 0.29) is 23.4 Å². The van der Waals surface area contributed by atoms with Crippen LogP contribution in [0, 0.1) is 17.3 Å². The predicted molar refractivity (Wildman–Crippen MR) is 97.6 cm³/mol. The number of rotatable bonds is 3. The van der Waals surface area contributed by atoms with E-state index >= 15 is 0 Å². The summed E-state index contributed by atoms with van der Waals surface area (Å²) in [6, 6.07) is 6.02. The van der Waals surface area contributed by atoms with E-state index < -0.39 is 0 Å². The van der Waals surface area contributed by atoms with Gasteiger partial charge in [0.2, 0.25) is 0 Å². The maximum atomic E-state index is 11.3. The average Bonchev–Trinajstić information content (AvgIpc) is 2.90. The van der Waals surface area contributed by atoms with E-state index in [0.29, 0.717) is 30.1 Å². The number of carbonyl (C=O) groups excluding carboxylic acids is 1. The van der Waals surface area contributed by atoms with Crippen molar-refractivity contribution in [3.8, 4) is 5.75 Å². The summed E-state index contributed by atoms with van der Waals surface area (Å²) >= 11 is 0. The minimum atomic E-state index is -0.307. The van der Waals surface area contributed by atoms with Gasteiger partial charge < -0.3 is 14.7 Å². The van der Waals surface area contributed by atoms with Gasteiger partial charge in [-0.2, -0.15) is 0 Å². The Morgan fingerprint density at radius 3 is 2.85 bits per heavy atom. The maximum Gasteiger partial charge on any atom is 0.308 e. The number of hydrogen-bond acceptors (Lipinski definition) is 5. The zero-order valence-electron chi connectivity index (χ0n) is 15.6. The Kier molecular flexibility index (Phi) is 4.58. The first kappa shape index (κ1) is 18.0. The lowest BCUT2D eigenvalue weighted by molar-refractivity contribution is -0.131. The van der Waals surface area contributed by atoms with Crippen LogP contribution in [0.25, 0.3) is 0 Å². The van der Waals surface area contributed by atoms with Gasteiger partial charge in [-0.15, -0.1) is 0 Å². The Morgan fingerprint density at radius 2 is 2.12 bits per heavy atom. The summed E-state index contributed by atoms with van der Waals surface area (Å²) in [7, 11) is 0. The number of aliphatic hydroxyl groups excluding tert-OH is 1. The van der Waals surface area contributed by atoms with E-state index in [1.54, 1.807) is 0 Å². The summed E-state index contributed by atoms with van der Waals surface area (Å²) in [5.74, 6) is 7.53. The monoisotopic (exact) mass is 359 g/mol. The SMILES string of the molecule is CC(=O)Oc1ccc2c(c1)[C@H](CON)CC1C2CC[C@]2(C)C(O)CCC12. The summed E-state index contributed by atoms with van der Waals surface area (Å²) in [5.41, 5.74) is 2.60. The Balaban J connectivity index is 1.71. The van der Waals surface area contributed by atoms with Gasteiger partial charge in [-0.1, -0.05) is 13.0 Å². The molecule has 3 aliphatic rings. The molecule has 0 heterocycles. The third kappa shape index (κ3) is 2.77. The molecule has 4 rings (SSSR count). The number of benzene rings is 1. The maximum absolute atomic E-state index is 11.3. The highest BCUT2D eigenvalue weighted by Crippen LogP contribution is 2.62. The fourth-order valence-electron chi connectivity index (χ4n) is 6.18. The number of nitrogens with two attached hydrogens (primary N) is 1. The number of ether oxygens (including phenoxy) is 1. The van der Waals surface area contributed by atoms with Gasteiger partial charge in [0.15, 0.2) is 0 Å². The van der Waals surface area contributed by atoms with Crippen molar-refractivity contribution in [3.05, 3.63) is 29.3 Å². The quantitative estimate of drug-likeness (QED) is 0.492. The lowest BCUT2D eigenvalue weighted by atomic mass is 9.54. The number of esters is 1. The van der Waals surface area contributed by atoms with Crippen LogP contribution in [0.15, 0.2) is 18.2 Å². The second-order valence-electron chi connectivity index (χ2n) is 8.66. The molecule has 4 unspecified atom stereocenters. The number of aliphatic hydroxyl groups is 1. The van der Waals surface area contributed by atoms with E-state index in [9.17, 15) is 9.90 Å². The summed E-state index contributed by atoms with van der Waals surface area (Å²) in [5, 5.41) is 10.6. The van der Waals surface area contributed by atoms with Gasteiger partial charge >= 0.3 is 5.97 Å². The highest BCUT2D eigenvalue weighted by molar-refractivity contribution is 5.69. The molecular weight excluding hydrogens is 330 g/mol. The molecule has 1 aromatic rings. The molecule has 0 aromatic heterocycles. The molecule has 2 saturated carbocycles. The van der Waals surface area contributed by atoms with Crippen molar-refractivity contribution in [2.24, 2.45) is 23.1 Å². The predicted octanol–water partition coefficient (Wildman–Crippen LogP) is 3.26. The average molecular weight is 359 g/mol. The minimum absolute atomic E-state index is 0.0461. The van der Waals surface area contributed by atoms with E-state index in [1.807, 2.05) is 12.1 Å². The van der Waals surface area contributed by atoms with Crippen LogP contribution in [0.1, 0.15) is 68.9 Å². The van der Waals surface area contributed by atoms with Crippen LogP contribution in [0.5, 0.6) is 5.75 Å². The summed E-state index contributed by atoms with van der Waals surface area (Å²) in [6.07, 6.45) is 5.04. The van der Waals surface area contributed by atoms with Crippen LogP contribution in [-0.4, -0.2) is 23.8 Å². The second-order valence-corrected chi connectivity index (χ2v) is 8.66. The van der Waals surface area contributed by atoms with Crippen LogP contribution < -0.4 is 10.6 Å². The zero-order chi connectivity index (χ0) is 18.5. The molecule has 1 aromatic carbocycles. The third-order valence-electron chi connectivity index (χ3n) is 7.40. The number of hydrogen-bond donors (Lipinski definition) is 2. The van der Waals surface area contributed by atoms with Gasteiger partial charge in [-0.05, 0) is 78.5 Å². The van der Waals surface area contributed by atoms with E-state index in [1.165, 1.54) is 18.1 Å². The van der Waals surface area contributed by atoms with Gasteiger partial charge in [-0.25, -0.2) is 5.90 Å². The molecule has 3 aliphatic carbocycles. The Bertz CT molecular complexity index is 705. The fourth-order valence-corrected chi connectivity index (χ4v) is 6.18. The topological polar surface area (TPSA) is 81.8 Å². The number of carbonyl (C=O) groups is 1. The van der Waals surface area contributed by atoms with Gasteiger partial charge in [0.1, 0.15) is 5.75 Å². The number of fused-ring (bicyclic) bond motifs is 5. The van der Waals surface area contributed by atoms with Gasteiger partial charge in [-0.3, -0.25) is 4.79 Å². The lowest BCUT2D eigenvalue weighted by Gasteiger charge is -2.51. The summed E-state index contributed by atoms with van der Waals surface area (Å²) < 4.78 is 5.30. The van der Waals surface area contributed by atoms with Crippen LogP contribution in [0.3, 0.4) is 0 Å². The molecule has 0 aliphatic heterocycles. The largest absolute Gasteiger partial charge is 0.427 e. The minimum Gasteiger partial charge on any atom is -0.427 e. The standard InChI is InChI=1S/C21H29NO4/c1-12(23)26-14-3-4-15-16-7-8-21(2)19(5-6-20(21)24)18(16)9-13(11-25-22)17(15)10-14/h3-4,10,13,16,18-20,24H,5-9,11,22H2,1-2H3/t13-,16?,18?,19?,20?,21-/m0/s1. The van der Waals surface area contributed by atoms with Crippen molar-refractivity contribution in [1.82, 2.24) is 0 Å². The Morgan fingerprint density at radius 1 is 1.31 bits per heavy atom. The van der Waals surface area contributed by atoms with Gasteiger partial charge in [0.05, 0.1) is 12.7 Å². The molecule has 0 radical (unpaired) electrons. The highest BCUT2D eigenvalue weighted by atomic mass is 16.6. The molecule has 0 saturated heterocycles. The summed E-state index contributed by atoms with van der Waals surface area (Å²) in [4.78, 5) is 16.4. The fraction of sp³-hybridized carbons (Fsp3) is 0.667. The summed E-state index contributed by atoms with van der Waals surface area (Å²) in [6.45, 7) is 4.16.